The van der Waals surface area contributed by atoms with Gasteiger partial charge in [0.2, 0.25) is 47.3 Å². The number of carbonyl (C=O) groups is 11. The number of likely N-dealkylation sites (N-methyl/N-ethyl adjacent to an activating group) is 5. The number of ether oxygens (including phenoxy) is 3. The van der Waals surface area contributed by atoms with Gasteiger partial charge in [-0.3, -0.25) is 47.9 Å². The second-order valence-electron chi connectivity index (χ2n) is 24.8. The monoisotopic (exact) mass is 1180 g/mol. The zero-order chi connectivity index (χ0) is 64.0. The number of benzene rings is 1. The summed E-state index contributed by atoms with van der Waals surface area (Å²) in [5, 5.41) is 8.30. The molecule has 3 N–H and O–H groups in total. The highest BCUT2D eigenvalue weighted by atomic mass is 16.6. The van der Waals surface area contributed by atoms with Crippen molar-refractivity contribution in [3.8, 4) is 5.75 Å². The lowest BCUT2D eigenvalue weighted by Crippen LogP contribution is -2.63. The molecule has 3 rings (SSSR count). The van der Waals surface area contributed by atoms with Crippen LogP contribution in [0.2, 0.25) is 0 Å². The Morgan fingerprint density at radius 3 is 1.68 bits per heavy atom. The summed E-state index contributed by atoms with van der Waals surface area (Å²) in [6.45, 7) is 23.2. The molecular formula is C61H99N9O14. The van der Waals surface area contributed by atoms with Gasteiger partial charge in [-0.15, -0.1) is 0 Å². The Labute approximate surface area is 498 Å². The number of amides is 9. The van der Waals surface area contributed by atoms with E-state index in [0.717, 1.165) is 9.80 Å². The van der Waals surface area contributed by atoms with E-state index in [1.54, 1.807) is 100 Å². The molecule has 0 aliphatic carbocycles. The molecule has 11 atom stereocenters. The summed E-state index contributed by atoms with van der Waals surface area (Å²) in [6, 6.07) is -3.55. The predicted octanol–water partition coefficient (Wildman–Crippen LogP) is 3.58. The second kappa shape index (κ2) is 31.4. The van der Waals surface area contributed by atoms with Crippen molar-refractivity contribution in [2.45, 2.75) is 202 Å². The highest BCUT2D eigenvalue weighted by Crippen LogP contribution is 2.27. The van der Waals surface area contributed by atoms with E-state index in [0.29, 0.717) is 37.0 Å². The van der Waals surface area contributed by atoms with Crippen LogP contribution in [0.15, 0.2) is 24.3 Å². The topological polar surface area (TPSA) is 271 Å². The fraction of sp³-hybridized carbons (Fsp3) is 0.721. The van der Waals surface area contributed by atoms with E-state index in [4.69, 9.17) is 14.2 Å². The minimum Gasteiger partial charge on any atom is -0.497 e. The van der Waals surface area contributed by atoms with Gasteiger partial charge < -0.3 is 59.6 Å². The molecule has 0 spiro atoms. The van der Waals surface area contributed by atoms with Crippen LogP contribution in [-0.4, -0.2) is 210 Å². The summed E-state index contributed by atoms with van der Waals surface area (Å²) in [7, 11) is 8.45. The first-order valence-corrected chi connectivity index (χ1v) is 29.6. The summed E-state index contributed by atoms with van der Waals surface area (Å²) < 4.78 is 16.9. The molecule has 2 aliphatic rings. The maximum Gasteiger partial charge on any atom is 0.329 e. The van der Waals surface area contributed by atoms with Gasteiger partial charge >= 0.3 is 11.9 Å². The molecule has 1 aromatic rings. The average molecular weight is 1180 g/mol. The van der Waals surface area contributed by atoms with E-state index >= 15 is 9.59 Å². The number of rotatable bonds is 12. The number of carbonyl (C=O) groups excluding carboxylic acids is 11. The van der Waals surface area contributed by atoms with Crippen LogP contribution in [0.1, 0.15) is 141 Å². The number of piperidine rings is 1. The molecule has 84 heavy (non-hydrogen) atoms. The maximum atomic E-state index is 15.2. The molecule has 9 amide bonds. The number of esters is 2. The summed E-state index contributed by atoms with van der Waals surface area (Å²) in [4.78, 5) is 168. The third-order valence-corrected chi connectivity index (χ3v) is 16.2. The minimum absolute atomic E-state index is 0.112. The molecule has 2 fully saturated rings. The zero-order valence-electron chi connectivity index (χ0n) is 53.7. The summed E-state index contributed by atoms with van der Waals surface area (Å²) in [6.07, 6.45) is -0.194. The molecule has 0 aromatic heterocycles. The number of fused-ring (bicyclic) bond motifs is 1. The molecule has 2 heterocycles. The molecular weight excluding hydrogens is 1080 g/mol. The van der Waals surface area contributed by atoms with Gasteiger partial charge in [0.15, 0.2) is 6.10 Å². The van der Waals surface area contributed by atoms with Crippen LogP contribution < -0.4 is 20.7 Å². The Morgan fingerprint density at radius 1 is 0.631 bits per heavy atom. The van der Waals surface area contributed by atoms with Crippen LogP contribution >= 0.6 is 0 Å². The Kier molecular flexibility index (Phi) is 26.7. The third-order valence-electron chi connectivity index (χ3n) is 16.2. The first-order chi connectivity index (χ1) is 39.1. The molecule has 0 saturated carbocycles. The zero-order valence-corrected chi connectivity index (χ0v) is 53.7. The van der Waals surface area contributed by atoms with Crippen LogP contribution in [0, 0.1) is 29.6 Å². The normalized spacial score (nSPS) is 26.2. The number of hydrogen-bond donors (Lipinski definition) is 3. The maximum absolute atomic E-state index is 15.2. The largest absolute Gasteiger partial charge is 0.497 e. The fourth-order valence-electron chi connectivity index (χ4n) is 11.0. The number of cyclic esters (lactones) is 1. The SMILES string of the molecule is CCC(C)[C@@H]1C(=O)N(C)[C@H]([C@@H](C)CC)C(=O)NCC(=O)N(C)[C@H](C(C)C)C(=O)N[C@H](Cc2ccc(OC)cc2)C(=O)O[C@@H](C)C(=O)N2CCCC[C@H]2C(=O)N(C)C(C(C)C)C(=O)N[C@@H](C(C)C)C(=O)N(C)C(CC(=O)OC(C)(C)C)C(=O)N1C. The number of nitrogens with one attached hydrogen (secondary N) is 3. The van der Waals surface area contributed by atoms with E-state index in [-0.39, 0.29) is 19.4 Å². The standard InChI is InChI=1S/C61H99N9O14/c1-21-37(9)50-52(73)62-33-45(71)66(16)48(35(5)6)53(74)63-42(31-40-26-28-41(82-20)29-27-40)60(81)83-39(11)55(76)70-30-24-23-25-43(70)56(77)67(17)49(36(7)8)54(75)64-47(34(3)4)58(79)65(15)44(32-46(72)84-61(12,13)14)57(78)69(19)51(38(10)22-2)59(80)68(50)18/h26-29,34-39,42-44,47-51H,21-25,30-33H2,1-20H3,(H,62,73)(H,63,74)(H,64,75)/t37-,38?,39-,42+,43-,44?,47-,48+,49?,50+,51+/m0/s1. The molecule has 23 nitrogen and oxygen atoms in total. The molecule has 23 heteroatoms. The smallest absolute Gasteiger partial charge is 0.329 e. The predicted molar refractivity (Wildman–Crippen MR) is 315 cm³/mol. The van der Waals surface area contributed by atoms with Gasteiger partial charge in [0, 0.05) is 48.2 Å². The van der Waals surface area contributed by atoms with Crippen LogP contribution in [-0.2, 0) is 68.6 Å². The van der Waals surface area contributed by atoms with Crippen molar-refractivity contribution >= 4 is 65.1 Å². The number of nitrogens with zero attached hydrogens (tertiary/aromatic N) is 6. The van der Waals surface area contributed by atoms with Gasteiger partial charge in [0.25, 0.3) is 5.91 Å². The summed E-state index contributed by atoms with van der Waals surface area (Å²) >= 11 is 0. The highest BCUT2D eigenvalue weighted by molar-refractivity contribution is 5.99. The lowest BCUT2D eigenvalue weighted by Gasteiger charge is -2.41. The van der Waals surface area contributed by atoms with E-state index in [1.165, 1.54) is 68.9 Å². The van der Waals surface area contributed by atoms with Gasteiger partial charge in [0.1, 0.15) is 59.7 Å². The third kappa shape index (κ3) is 18.3. The number of hydrogen-bond acceptors (Lipinski definition) is 14. The van der Waals surface area contributed by atoms with E-state index in [2.05, 4.69) is 16.0 Å². The Bertz CT molecular complexity index is 2500. The Hall–Kier alpha value is -6.81. The molecule has 2 saturated heterocycles. The fourth-order valence-corrected chi connectivity index (χ4v) is 11.0. The molecule has 1 aromatic carbocycles. The minimum atomic E-state index is -1.59. The Morgan fingerprint density at radius 2 is 1.15 bits per heavy atom. The second-order valence-corrected chi connectivity index (χ2v) is 24.8. The first kappa shape index (κ1) is 71.5. The van der Waals surface area contributed by atoms with E-state index in [9.17, 15) is 43.2 Å². The van der Waals surface area contributed by atoms with Gasteiger partial charge in [-0.05, 0) is 94.2 Å². The lowest BCUT2D eigenvalue weighted by molar-refractivity contribution is -0.165. The first-order valence-electron chi connectivity index (χ1n) is 29.6. The quantitative estimate of drug-likeness (QED) is 0.253. The molecule has 0 radical (unpaired) electrons. The average Bonchev–Trinajstić information content (AvgIpc) is 3.49. The number of methoxy groups -OCH3 is 1. The van der Waals surface area contributed by atoms with Crippen LogP contribution in [0.3, 0.4) is 0 Å². The van der Waals surface area contributed by atoms with Crippen molar-refractivity contribution < 1.29 is 67.0 Å². The molecule has 472 valence electrons. The summed E-state index contributed by atoms with van der Waals surface area (Å²) in [5.41, 5.74) is -0.414. The van der Waals surface area contributed by atoms with Crippen LogP contribution in [0.5, 0.6) is 5.75 Å². The lowest BCUT2D eigenvalue weighted by atomic mass is 9.92. The highest BCUT2D eigenvalue weighted by Gasteiger charge is 2.46. The van der Waals surface area contributed by atoms with Gasteiger partial charge in [-0.25, -0.2) is 4.79 Å². The van der Waals surface area contributed by atoms with E-state index < -0.39 is 168 Å². The van der Waals surface area contributed by atoms with E-state index in [1.807, 2.05) is 13.8 Å². The van der Waals surface area contributed by atoms with Crippen molar-refractivity contribution in [1.82, 2.24) is 45.3 Å². The van der Waals surface area contributed by atoms with Crippen LogP contribution in [0.4, 0.5) is 0 Å². The summed E-state index contributed by atoms with van der Waals surface area (Å²) in [5.74, 6) is -10.4. The van der Waals surface area contributed by atoms with Crippen molar-refractivity contribution in [2.75, 3.05) is 55.4 Å². The Balaban J connectivity index is 2.31. The molecule has 2 aliphatic heterocycles. The molecule has 3 unspecified atom stereocenters. The van der Waals surface area contributed by atoms with Gasteiger partial charge in [0.05, 0.1) is 20.1 Å². The van der Waals surface area contributed by atoms with Crippen molar-refractivity contribution in [2.24, 2.45) is 29.6 Å². The van der Waals surface area contributed by atoms with Gasteiger partial charge in [-0.2, -0.15) is 0 Å². The van der Waals surface area contributed by atoms with Crippen molar-refractivity contribution in [1.29, 1.82) is 0 Å². The molecule has 0 bridgehead atoms. The van der Waals surface area contributed by atoms with Crippen LogP contribution in [0.25, 0.3) is 0 Å². The van der Waals surface area contributed by atoms with Gasteiger partial charge in [-0.1, -0.05) is 94.2 Å². The van der Waals surface area contributed by atoms with Crippen molar-refractivity contribution in [3.05, 3.63) is 29.8 Å². The van der Waals surface area contributed by atoms with Crippen molar-refractivity contribution in [3.63, 3.8) is 0 Å².